The van der Waals surface area contributed by atoms with Crippen molar-refractivity contribution in [2.75, 3.05) is 57.5 Å². The van der Waals surface area contributed by atoms with E-state index in [0.29, 0.717) is 11.4 Å². The van der Waals surface area contributed by atoms with Crippen LogP contribution < -0.4 is 4.90 Å². The van der Waals surface area contributed by atoms with Gasteiger partial charge in [-0.05, 0) is 25.1 Å². The minimum atomic E-state index is 0.315. The highest BCUT2D eigenvalue weighted by Crippen LogP contribution is 2.43. The molecule has 0 bridgehead atoms. The number of aryl methyl sites for hydroxylation is 1. The highest BCUT2D eigenvalue weighted by molar-refractivity contribution is 7.19. The SMILES string of the molecule is Cc1cccc(-c2ccn(-c3nc(N4CC5(COC5)C4)c4sc(CN5CCOCC5)cc4n3)n2)c1. The van der Waals surface area contributed by atoms with Crippen LogP contribution in [0.15, 0.2) is 42.6 Å². The number of ether oxygens (including phenoxy) is 2. The fourth-order valence-electron chi connectivity index (χ4n) is 5.21. The van der Waals surface area contributed by atoms with Crippen LogP contribution >= 0.6 is 11.3 Å². The fourth-order valence-corrected chi connectivity index (χ4v) is 6.36. The Kier molecular flexibility index (Phi) is 5.13. The Labute approximate surface area is 208 Å². The summed E-state index contributed by atoms with van der Waals surface area (Å²) in [5.41, 5.74) is 4.55. The van der Waals surface area contributed by atoms with Gasteiger partial charge in [0.1, 0.15) is 0 Å². The van der Waals surface area contributed by atoms with E-state index in [0.717, 1.165) is 86.4 Å². The van der Waals surface area contributed by atoms with Crippen LogP contribution in [-0.2, 0) is 16.0 Å². The first kappa shape index (κ1) is 21.4. The van der Waals surface area contributed by atoms with Gasteiger partial charge in [0.05, 0.1) is 47.8 Å². The summed E-state index contributed by atoms with van der Waals surface area (Å²) in [4.78, 5) is 16.2. The standard InChI is InChI=1S/C26H28N6O2S/c1-18-3-2-4-19(11-18)21-5-6-32(29-21)25-27-22-12-20(13-30-7-9-33-10-8-30)35-23(22)24(28-25)31-14-26(15-31)16-34-17-26/h2-6,11-12H,7-10,13-17H2,1H3. The van der Waals surface area contributed by atoms with E-state index in [9.17, 15) is 0 Å². The van der Waals surface area contributed by atoms with Crippen LogP contribution in [0.25, 0.3) is 27.4 Å². The van der Waals surface area contributed by atoms with Gasteiger partial charge in [-0.2, -0.15) is 10.1 Å². The monoisotopic (exact) mass is 488 g/mol. The number of hydrogen-bond acceptors (Lipinski definition) is 8. The lowest BCUT2D eigenvalue weighted by molar-refractivity contribution is -0.127. The Morgan fingerprint density at radius 3 is 2.66 bits per heavy atom. The van der Waals surface area contributed by atoms with Crippen LogP contribution in [0.5, 0.6) is 0 Å². The Morgan fingerprint density at radius 1 is 1.03 bits per heavy atom. The van der Waals surface area contributed by atoms with Crippen LogP contribution in [0.1, 0.15) is 10.4 Å². The third kappa shape index (κ3) is 3.92. The first-order valence-corrected chi connectivity index (χ1v) is 13.0. The average molecular weight is 489 g/mol. The molecule has 6 heterocycles. The Morgan fingerprint density at radius 2 is 1.89 bits per heavy atom. The lowest BCUT2D eigenvalue weighted by Gasteiger charge is -2.55. The Hall–Kier alpha value is -2.85. The first-order chi connectivity index (χ1) is 17.1. The summed E-state index contributed by atoms with van der Waals surface area (Å²) < 4.78 is 14.0. The Bertz CT molecular complexity index is 1380. The van der Waals surface area contributed by atoms with Gasteiger partial charge >= 0.3 is 0 Å². The predicted molar refractivity (Wildman–Crippen MR) is 136 cm³/mol. The van der Waals surface area contributed by atoms with Crippen molar-refractivity contribution in [1.82, 2.24) is 24.6 Å². The molecule has 3 saturated heterocycles. The van der Waals surface area contributed by atoms with Gasteiger partial charge in [-0.3, -0.25) is 4.90 Å². The van der Waals surface area contributed by atoms with Crippen LogP contribution in [-0.4, -0.2) is 77.3 Å². The third-order valence-electron chi connectivity index (χ3n) is 7.15. The molecule has 0 atom stereocenters. The molecule has 0 saturated carbocycles. The van der Waals surface area contributed by atoms with Crippen LogP contribution in [0.4, 0.5) is 5.82 Å². The number of thiophene rings is 1. The van der Waals surface area contributed by atoms with Crippen LogP contribution in [0.3, 0.4) is 0 Å². The molecule has 8 nitrogen and oxygen atoms in total. The maximum atomic E-state index is 5.52. The second-order valence-electron chi connectivity index (χ2n) is 10.0. The van der Waals surface area contributed by atoms with E-state index in [1.165, 1.54) is 10.4 Å². The van der Waals surface area contributed by atoms with Gasteiger partial charge in [0.15, 0.2) is 5.82 Å². The van der Waals surface area contributed by atoms with Crippen LogP contribution in [0.2, 0.25) is 0 Å². The number of rotatable bonds is 5. The number of nitrogens with zero attached hydrogens (tertiary/aromatic N) is 6. The van der Waals surface area contributed by atoms with E-state index >= 15 is 0 Å². The van der Waals surface area contributed by atoms with Crippen molar-refractivity contribution in [2.24, 2.45) is 5.41 Å². The van der Waals surface area contributed by atoms with Gasteiger partial charge in [0.25, 0.3) is 5.95 Å². The van der Waals surface area contributed by atoms with E-state index < -0.39 is 0 Å². The minimum absolute atomic E-state index is 0.315. The zero-order chi connectivity index (χ0) is 23.4. The summed E-state index contributed by atoms with van der Waals surface area (Å²) in [5, 5.41) is 4.83. The molecule has 0 unspecified atom stereocenters. The molecule has 0 aliphatic carbocycles. The van der Waals surface area contributed by atoms with Crippen molar-refractivity contribution in [3.63, 3.8) is 0 Å². The van der Waals surface area contributed by atoms with Gasteiger partial charge in [-0.1, -0.05) is 23.8 Å². The summed E-state index contributed by atoms with van der Waals surface area (Å²) in [6.45, 7) is 10.3. The van der Waals surface area contributed by atoms with E-state index in [-0.39, 0.29) is 0 Å². The molecule has 0 amide bonds. The molecule has 3 aromatic heterocycles. The maximum absolute atomic E-state index is 5.52. The van der Waals surface area contributed by atoms with Crippen molar-refractivity contribution in [3.05, 3.63) is 53.0 Å². The Balaban J connectivity index is 1.25. The average Bonchev–Trinajstić information content (AvgIpc) is 3.45. The van der Waals surface area contributed by atoms with Gasteiger partial charge in [-0.25, -0.2) is 9.67 Å². The van der Waals surface area contributed by atoms with Crippen molar-refractivity contribution in [3.8, 4) is 17.2 Å². The summed E-state index contributed by atoms with van der Waals surface area (Å²) in [5.74, 6) is 1.64. The third-order valence-corrected chi connectivity index (χ3v) is 8.26. The maximum Gasteiger partial charge on any atom is 0.253 e. The van der Waals surface area contributed by atoms with E-state index in [1.54, 1.807) is 0 Å². The zero-order valence-corrected chi connectivity index (χ0v) is 20.6. The first-order valence-electron chi connectivity index (χ1n) is 12.2. The quantitative estimate of drug-likeness (QED) is 0.426. The molecule has 1 spiro atoms. The number of benzene rings is 1. The van der Waals surface area contributed by atoms with Crippen molar-refractivity contribution >= 4 is 27.4 Å². The molecule has 7 rings (SSSR count). The summed E-state index contributed by atoms with van der Waals surface area (Å²) in [7, 11) is 0. The van der Waals surface area contributed by atoms with Gasteiger partial charge in [0.2, 0.25) is 0 Å². The topological polar surface area (TPSA) is 68.5 Å². The number of fused-ring (bicyclic) bond motifs is 1. The van der Waals surface area contributed by atoms with E-state index in [4.69, 9.17) is 24.5 Å². The van der Waals surface area contributed by atoms with Crippen LogP contribution in [0, 0.1) is 12.3 Å². The van der Waals surface area contributed by atoms with Crippen molar-refractivity contribution in [2.45, 2.75) is 13.5 Å². The highest BCUT2D eigenvalue weighted by Gasteiger charge is 2.50. The fraction of sp³-hybridized carbons (Fsp3) is 0.423. The number of aromatic nitrogens is 4. The molecular formula is C26H28N6O2S. The highest BCUT2D eigenvalue weighted by atomic mass is 32.1. The summed E-state index contributed by atoms with van der Waals surface area (Å²) in [6.07, 6.45) is 1.96. The van der Waals surface area contributed by atoms with E-state index in [2.05, 4.69) is 47.1 Å². The van der Waals surface area contributed by atoms with Crippen molar-refractivity contribution in [1.29, 1.82) is 0 Å². The molecule has 9 heteroatoms. The molecule has 35 heavy (non-hydrogen) atoms. The van der Waals surface area contributed by atoms with Crippen molar-refractivity contribution < 1.29 is 9.47 Å². The van der Waals surface area contributed by atoms with Gasteiger partial charge < -0.3 is 14.4 Å². The lowest BCUT2D eigenvalue weighted by atomic mass is 9.78. The molecule has 3 aliphatic rings. The lowest BCUT2D eigenvalue weighted by Crippen LogP contribution is -2.66. The van der Waals surface area contributed by atoms with Gasteiger partial charge in [0, 0.05) is 49.4 Å². The number of anilines is 1. The molecule has 0 radical (unpaired) electrons. The number of morpholine rings is 1. The molecule has 3 aliphatic heterocycles. The van der Waals surface area contributed by atoms with Gasteiger partial charge in [-0.15, -0.1) is 11.3 Å². The smallest absolute Gasteiger partial charge is 0.253 e. The predicted octanol–water partition coefficient (Wildman–Crippen LogP) is 3.52. The molecule has 4 aromatic rings. The molecule has 1 aromatic carbocycles. The molecular weight excluding hydrogens is 460 g/mol. The second kappa shape index (κ2) is 8.37. The van der Waals surface area contributed by atoms with E-state index in [1.807, 2.05) is 28.3 Å². The second-order valence-corrected chi connectivity index (χ2v) is 11.2. The normalized spacial score (nSPS) is 19.7. The summed E-state index contributed by atoms with van der Waals surface area (Å²) >= 11 is 1.82. The molecule has 180 valence electrons. The largest absolute Gasteiger partial charge is 0.380 e. The summed E-state index contributed by atoms with van der Waals surface area (Å²) in [6, 6.07) is 12.7. The number of hydrogen-bond donors (Lipinski definition) is 0. The zero-order valence-electron chi connectivity index (χ0n) is 19.8. The molecule has 3 fully saturated rings. The minimum Gasteiger partial charge on any atom is -0.380 e. The molecule has 0 N–H and O–H groups in total.